The van der Waals surface area contributed by atoms with Gasteiger partial charge in [-0.3, -0.25) is 14.6 Å². The standard InChI is InChI=1S/C28H21BrN2O2/c1-18(32)25-24-16-23(19-8-4-2-5-9-19)30-17-31(24)27(26(25)20-10-6-3-7-11-20)28(33)21-12-14-22(29)15-13-21/h2-15,17,23H,16H2,1H3/t23-/m0/s1. The Morgan fingerprint density at radius 2 is 1.55 bits per heavy atom. The third kappa shape index (κ3) is 3.89. The molecule has 1 aliphatic heterocycles. The summed E-state index contributed by atoms with van der Waals surface area (Å²) in [5.74, 6) is -0.200. The molecule has 0 aliphatic carbocycles. The number of ketones is 2. The minimum Gasteiger partial charge on any atom is -0.300 e. The number of halogens is 1. The largest absolute Gasteiger partial charge is 0.300 e. The Bertz CT molecular complexity index is 1370. The third-order valence-electron chi connectivity index (χ3n) is 5.98. The van der Waals surface area contributed by atoms with E-state index in [1.165, 1.54) is 0 Å². The van der Waals surface area contributed by atoms with Crippen LogP contribution in [0.4, 0.5) is 0 Å². The molecule has 1 aliphatic rings. The molecule has 162 valence electrons. The van der Waals surface area contributed by atoms with E-state index in [9.17, 15) is 9.59 Å². The van der Waals surface area contributed by atoms with E-state index in [0.29, 0.717) is 28.8 Å². The Balaban J connectivity index is 1.75. The lowest BCUT2D eigenvalue weighted by Crippen LogP contribution is -2.19. The highest BCUT2D eigenvalue weighted by Crippen LogP contribution is 2.38. The van der Waals surface area contributed by atoms with Gasteiger partial charge in [0.1, 0.15) is 5.69 Å². The number of Topliss-reactive ketones (excluding diaryl/α,β-unsaturated/α-hetero) is 1. The second kappa shape index (κ2) is 8.75. The van der Waals surface area contributed by atoms with E-state index in [4.69, 9.17) is 4.99 Å². The van der Waals surface area contributed by atoms with Crippen LogP contribution < -0.4 is 0 Å². The maximum absolute atomic E-state index is 13.8. The van der Waals surface area contributed by atoms with Crippen LogP contribution in [-0.4, -0.2) is 22.5 Å². The van der Waals surface area contributed by atoms with E-state index in [1.807, 2.05) is 77.4 Å². The molecule has 0 radical (unpaired) electrons. The Morgan fingerprint density at radius 1 is 0.909 bits per heavy atom. The lowest BCUT2D eigenvalue weighted by molar-refractivity contribution is 0.101. The number of aliphatic imine (C=N–C) groups is 1. The Kier molecular flexibility index (Phi) is 5.65. The predicted molar refractivity (Wildman–Crippen MR) is 134 cm³/mol. The first-order chi connectivity index (χ1) is 16.0. The highest BCUT2D eigenvalue weighted by molar-refractivity contribution is 9.10. The summed E-state index contributed by atoms with van der Waals surface area (Å²) in [6.45, 7) is 1.57. The van der Waals surface area contributed by atoms with Crippen molar-refractivity contribution in [2.45, 2.75) is 19.4 Å². The van der Waals surface area contributed by atoms with Crippen molar-refractivity contribution >= 4 is 33.8 Å². The van der Waals surface area contributed by atoms with Gasteiger partial charge in [-0.1, -0.05) is 76.6 Å². The number of rotatable bonds is 5. The van der Waals surface area contributed by atoms with Crippen molar-refractivity contribution in [3.8, 4) is 11.1 Å². The number of fused-ring (bicyclic) bond motifs is 1. The topological polar surface area (TPSA) is 51.4 Å². The SMILES string of the molecule is CC(=O)c1c(-c2ccccc2)c(C(=O)c2ccc(Br)cc2)n2c1C[C@@H](c1ccccc1)N=C2. The van der Waals surface area contributed by atoms with Crippen molar-refractivity contribution < 1.29 is 9.59 Å². The van der Waals surface area contributed by atoms with Gasteiger partial charge in [0.15, 0.2) is 5.78 Å². The smallest absolute Gasteiger partial charge is 0.210 e. The molecule has 4 aromatic rings. The van der Waals surface area contributed by atoms with Gasteiger partial charge >= 0.3 is 0 Å². The van der Waals surface area contributed by atoms with Crippen molar-refractivity contribution in [2.24, 2.45) is 4.99 Å². The van der Waals surface area contributed by atoms with Crippen molar-refractivity contribution in [3.63, 3.8) is 0 Å². The summed E-state index contributed by atoms with van der Waals surface area (Å²) in [4.78, 5) is 31.6. The van der Waals surface area contributed by atoms with Crippen LogP contribution >= 0.6 is 15.9 Å². The van der Waals surface area contributed by atoms with Crippen molar-refractivity contribution in [1.29, 1.82) is 0 Å². The zero-order valence-electron chi connectivity index (χ0n) is 18.0. The lowest BCUT2D eigenvalue weighted by Gasteiger charge is -2.20. The molecule has 0 bridgehead atoms. The van der Waals surface area contributed by atoms with Crippen LogP contribution in [0.5, 0.6) is 0 Å². The van der Waals surface area contributed by atoms with Crippen molar-refractivity contribution in [1.82, 2.24) is 4.57 Å². The van der Waals surface area contributed by atoms with Crippen molar-refractivity contribution in [3.05, 3.63) is 117 Å². The predicted octanol–water partition coefficient (Wildman–Crippen LogP) is 6.53. The summed E-state index contributed by atoms with van der Waals surface area (Å²) < 4.78 is 2.72. The maximum Gasteiger partial charge on any atom is 0.210 e. The average molecular weight is 497 g/mol. The van der Waals surface area contributed by atoms with Gasteiger partial charge in [0.05, 0.1) is 12.4 Å². The molecule has 1 atom stereocenters. The number of nitrogens with zero attached hydrogens (tertiary/aromatic N) is 2. The molecule has 5 rings (SSSR count). The van der Waals surface area contributed by atoms with E-state index in [-0.39, 0.29) is 17.6 Å². The summed E-state index contributed by atoms with van der Waals surface area (Å²) in [5.41, 5.74) is 5.04. The van der Waals surface area contributed by atoms with Crippen LogP contribution in [0.3, 0.4) is 0 Å². The van der Waals surface area contributed by atoms with Gasteiger partial charge in [0.25, 0.3) is 0 Å². The number of benzene rings is 3. The second-order valence-corrected chi connectivity index (χ2v) is 8.98. The summed E-state index contributed by atoms with van der Waals surface area (Å²) in [5, 5.41) is 0. The van der Waals surface area contributed by atoms with E-state index in [1.54, 1.807) is 25.4 Å². The average Bonchev–Trinajstić information content (AvgIpc) is 3.20. The van der Waals surface area contributed by atoms with Gasteiger partial charge in [-0.15, -0.1) is 0 Å². The van der Waals surface area contributed by atoms with Gasteiger partial charge in [-0.25, -0.2) is 0 Å². The molecule has 1 aromatic heterocycles. The minimum absolute atomic E-state index is 0.0606. The molecular formula is C28H21BrN2O2. The first-order valence-electron chi connectivity index (χ1n) is 10.8. The first kappa shape index (κ1) is 21.3. The molecule has 3 aromatic carbocycles. The number of aromatic nitrogens is 1. The number of carbonyl (C=O) groups is 2. The molecule has 2 heterocycles. The highest BCUT2D eigenvalue weighted by atomic mass is 79.9. The van der Waals surface area contributed by atoms with Crippen LogP contribution in [0.15, 0.2) is 94.4 Å². The number of carbonyl (C=O) groups excluding carboxylic acids is 2. The second-order valence-electron chi connectivity index (χ2n) is 8.07. The third-order valence-corrected chi connectivity index (χ3v) is 6.50. The van der Waals surface area contributed by atoms with Crippen LogP contribution in [0.25, 0.3) is 11.1 Å². The van der Waals surface area contributed by atoms with Crippen LogP contribution in [0.1, 0.15) is 50.6 Å². The molecule has 0 unspecified atom stereocenters. The fraction of sp³-hybridized carbons (Fsp3) is 0.107. The van der Waals surface area contributed by atoms with Crippen LogP contribution in [-0.2, 0) is 6.42 Å². The van der Waals surface area contributed by atoms with Crippen molar-refractivity contribution in [2.75, 3.05) is 0 Å². The lowest BCUT2D eigenvalue weighted by atomic mass is 9.93. The normalized spacial score (nSPS) is 14.7. The summed E-state index contributed by atoms with van der Waals surface area (Å²) in [7, 11) is 0. The van der Waals surface area contributed by atoms with Crippen LogP contribution in [0.2, 0.25) is 0 Å². The molecule has 5 heteroatoms. The molecule has 0 fully saturated rings. The number of hydrogen-bond donors (Lipinski definition) is 0. The molecule has 0 saturated heterocycles. The zero-order chi connectivity index (χ0) is 22.9. The first-order valence-corrected chi connectivity index (χ1v) is 11.6. The quantitative estimate of drug-likeness (QED) is 0.295. The maximum atomic E-state index is 13.8. The molecular weight excluding hydrogens is 476 g/mol. The van der Waals surface area contributed by atoms with Gasteiger partial charge in [0.2, 0.25) is 5.78 Å². The molecule has 0 saturated carbocycles. The molecule has 33 heavy (non-hydrogen) atoms. The number of hydrogen-bond acceptors (Lipinski definition) is 3. The molecule has 0 amide bonds. The minimum atomic E-state index is -0.139. The van der Waals surface area contributed by atoms with Gasteiger partial charge in [-0.05, 0) is 42.3 Å². The fourth-order valence-corrected chi connectivity index (χ4v) is 4.72. The fourth-order valence-electron chi connectivity index (χ4n) is 4.45. The summed E-state index contributed by atoms with van der Waals surface area (Å²) >= 11 is 3.43. The van der Waals surface area contributed by atoms with E-state index in [2.05, 4.69) is 15.9 Å². The zero-order valence-corrected chi connectivity index (χ0v) is 19.6. The Labute approximate surface area is 200 Å². The van der Waals surface area contributed by atoms with Gasteiger partial charge in [-0.2, -0.15) is 0 Å². The molecule has 0 spiro atoms. The van der Waals surface area contributed by atoms with E-state index in [0.717, 1.165) is 21.3 Å². The molecule has 0 N–H and O–H groups in total. The summed E-state index contributed by atoms with van der Waals surface area (Å²) in [6.07, 6.45) is 2.25. The summed E-state index contributed by atoms with van der Waals surface area (Å²) in [6, 6.07) is 26.9. The van der Waals surface area contributed by atoms with Gasteiger partial charge < -0.3 is 4.57 Å². The Hall–Kier alpha value is -3.57. The highest BCUT2D eigenvalue weighted by Gasteiger charge is 2.33. The van der Waals surface area contributed by atoms with Gasteiger partial charge in [0, 0.05) is 33.3 Å². The molecule has 4 nitrogen and oxygen atoms in total. The Morgan fingerprint density at radius 3 is 2.18 bits per heavy atom. The van der Waals surface area contributed by atoms with E-state index < -0.39 is 0 Å². The monoisotopic (exact) mass is 496 g/mol. The van der Waals surface area contributed by atoms with Crippen LogP contribution in [0, 0.1) is 0 Å². The van der Waals surface area contributed by atoms with E-state index >= 15 is 0 Å².